The van der Waals surface area contributed by atoms with E-state index in [0.717, 1.165) is 47.1 Å². The molecule has 1 amide bonds. The zero-order valence-electron chi connectivity index (χ0n) is 17.9. The van der Waals surface area contributed by atoms with E-state index in [2.05, 4.69) is 12.2 Å². The van der Waals surface area contributed by atoms with Crippen LogP contribution in [0.5, 0.6) is 5.75 Å². The lowest BCUT2D eigenvalue weighted by Gasteiger charge is -2.09. The highest BCUT2D eigenvalue weighted by Gasteiger charge is 2.28. The van der Waals surface area contributed by atoms with Crippen LogP contribution in [0.3, 0.4) is 0 Å². The van der Waals surface area contributed by atoms with Gasteiger partial charge in [0.1, 0.15) is 16.5 Å². The molecule has 6 heteroatoms. The standard InChI is InChI=1S/C24H29N3O2S/c1-4-5-15-29-20-13-11-19(12-14-20)22-23(27-24(2,3)26-22)30-17-21(28)25-16-18-9-7-6-8-10-18/h6-14H,4-5,15-17H2,1-3H3,(H,25,28). The monoisotopic (exact) mass is 423 g/mol. The first-order valence-electron chi connectivity index (χ1n) is 10.3. The van der Waals surface area contributed by atoms with Crippen LogP contribution in [0.25, 0.3) is 0 Å². The first-order valence-corrected chi connectivity index (χ1v) is 11.3. The van der Waals surface area contributed by atoms with Crippen molar-refractivity contribution < 1.29 is 9.53 Å². The summed E-state index contributed by atoms with van der Waals surface area (Å²) in [6.07, 6.45) is 2.16. The van der Waals surface area contributed by atoms with Gasteiger partial charge in [0.15, 0.2) is 0 Å². The molecule has 5 nitrogen and oxygen atoms in total. The fourth-order valence-electron chi connectivity index (χ4n) is 2.96. The van der Waals surface area contributed by atoms with Crippen molar-refractivity contribution in [1.29, 1.82) is 0 Å². The molecule has 0 atom stereocenters. The number of aliphatic imine (C=N–C) groups is 2. The molecule has 2 aromatic rings. The SMILES string of the molecule is CCCCOc1ccc(C2=NC(C)(C)N=C2SCC(=O)NCc2ccccc2)cc1. The van der Waals surface area contributed by atoms with E-state index in [-0.39, 0.29) is 5.91 Å². The second-order valence-electron chi connectivity index (χ2n) is 7.65. The van der Waals surface area contributed by atoms with Crippen molar-refractivity contribution in [2.45, 2.75) is 45.8 Å². The van der Waals surface area contributed by atoms with Crippen LogP contribution in [0.15, 0.2) is 64.6 Å². The number of ether oxygens (including phenoxy) is 1. The molecule has 0 saturated heterocycles. The van der Waals surface area contributed by atoms with E-state index in [1.807, 2.05) is 68.4 Å². The van der Waals surface area contributed by atoms with Crippen LogP contribution in [0, 0.1) is 0 Å². The van der Waals surface area contributed by atoms with Gasteiger partial charge in [0.2, 0.25) is 5.91 Å². The normalized spacial score (nSPS) is 14.8. The number of nitrogens with zero attached hydrogens (tertiary/aromatic N) is 2. The number of hydrogen-bond acceptors (Lipinski definition) is 5. The minimum absolute atomic E-state index is 0.0183. The van der Waals surface area contributed by atoms with Gasteiger partial charge >= 0.3 is 0 Å². The third-order valence-electron chi connectivity index (χ3n) is 4.53. The Morgan fingerprint density at radius 2 is 1.80 bits per heavy atom. The number of hydrogen-bond donors (Lipinski definition) is 1. The average Bonchev–Trinajstić information content (AvgIpc) is 3.06. The Morgan fingerprint density at radius 3 is 2.50 bits per heavy atom. The van der Waals surface area contributed by atoms with Gasteiger partial charge in [-0.2, -0.15) is 0 Å². The number of carbonyl (C=O) groups excluding carboxylic acids is 1. The minimum atomic E-state index is -0.519. The van der Waals surface area contributed by atoms with Crippen molar-refractivity contribution >= 4 is 28.4 Å². The van der Waals surface area contributed by atoms with Gasteiger partial charge in [-0.15, -0.1) is 0 Å². The Balaban J connectivity index is 1.58. The predicted molar refractivity (Wildman–Crippen MR) is 126 cm³/mol. The second kappa shape index (κ2) is 10.4. The fourth-order valence-corrected chi connectivity index (χ4v) is 3.92. The van der Waals surface area contributed by atoms with E-state index in [4.69, 9.17) is 14.7 Å². The van der Waals surface area contributed by atoms with Gasteiger partial charge in [0.25, 0.3) is 0 Å². The predicted octanol–water partition coefficient (Wildman–Crippen LogP) is 4.85. The highest BCUT2D eigenvalue weighted by molar-refractivity contribution is 8.16. The zero-order valence-corrected chi connectivity index (χ0v) is 18.7. The molecular weight excluding hydrogens is 394 g/mol. The van der Waals surface area contributed by atoms with Crippen LogP contribution >= 0.6 is 11.8 Å². The molecule has 1 N–H and O–H groups in total. The molecule has 1 aliphatic heterocycles. The molecule has 158 valence electrons. The van der Waals surface area contributed by atoms with E-state index in [1.165, 1.54) is 11.8 Å². The first kappa shape index (κ1) is 22.1. The molecule has 0 aliphatic carbocycles. The molecule has 1 heterocycles. The van der Waals surface area contributed by atoms with Gasteiger partial charge in [-0.25, -0.2) is 4.99 Å². The summed E-state index contributed by atoms with van der Waals surface area (Å²) in [4.78, 5) is 21.8. The molecule has 0 spiro atoms. The van der Waals surface area contributed by atoms with Crippen LogP contribution in [-0.4, -0.2) is 34.7 Å². The number of unbranched alkanes of at least 4 members (excludes halogenated alkanes) is 1. The van der Waals surface area contributed by atoms with Gasteiger partial charge in [0, 0.05) is 12.1 Å². The highest BCUT2D eigenvalue weighted by Crippen LogP contribution is 2.27. The van der Waals surface area contributed by atoms with Crippen LogP contribution < -0.4 is 10.1 Å². The van der Waals surface area contributed by atoms with Gasteiger partial charge in [-0.1, -0.05) is 55.4 Å². The zero-order chi connectivity index (χ0) is 21.4. The number of thioether (sulfide) groups is 1. The summed E-state index contributed by atoms with van der Waals surface area (Å²) in [5.41, 5.74) is 2.38. The Hall–Kier alpha value is -2.60. The van der Waals surface area contributed by atoms with Crippen LogP contribution in [-0.2, 0) is 11.3 Å². The van der Waals surface area contributed by atoms with Crippen LogP contribution in [0.2, 0.25) is 0 Å². The van der Waals surface area contributed by atoms with Crippen molar-refractivity contribution in [3.63, 3.8) is 0 Å². The maximum absolute atomic E-state index is 12.3. The largest absolute Gasteiger partial charge is 0.494 e. The second-order valence-corrected chi connectivity index (χ2v) is 8.61. The van der Waals surface area contributed by atoms with E-state index in [0.29, 0.717) is 12.3 Å². The lowest BCUT2D eigenvalue weighted by atomic mass is 10.1. The molecule has 0 unspecified atom stereocenters. The molecule has 0 radical (unpaired) electrons. The molecule has 2 aromatic carbocycles. The third-order valence-corrected chi connectivity index (χ3v) is 5.49. The molecular formula is C24H29N3O2S. The van der Waals surface area contributed by atoms with Crippen LogP contribution in [0.4, 0.5) is 0 Å². The fraction of sp³-hybridized carbons (Fsp3) is 0.375. The van der Waals surface area contributed by atoms with Crippen molar-refractivity contribution in [2.24, 2.45) is 9.98 Å². The summed E-state index contributed by atoms with van der Waals surface area (Å²) in [6, 6.07) is 17.8. The Morgan fingerprint density at radius 1 is 1.07 bits per heavy atom. The van der Waals surface area contributed by atoms with Gasteiger partial charge < -0.3 is 10.1 Å². The number of amides is 1. The summed E-state index contributed by atoms with van der Waals surface area (Å²) in [5, 5.41) is 3.76. The van der Waals surface area contributed by atoms with Crippen molar-refractivity contribution in [1.82, 2.24) is 5.32 Å². The smallest absolute Gasteiger partial charge is 0.230 e. The lowest BCUT2D eigenvalue weighted by molar-refractivity contribution is -0.118. The number of rotatable bonds is 9. The van der Waals surface area contributed by atoms with E-state index < -0.39 is 5.66 Å². The molecule has 0 saturated carbocycles. The van der Waals surface area contributed by atoms with Gasteiger partial charge in [-0.05, 0) is 50.1 Å². The summed E-state index contributed by atoms with van der Waals surface area (Å²) in [6.45, 7) is 7.34. The maximum Gasteiger partial charge on any atom is 0.230 e. The summed E-state index contributed by atoms with van der Waals surface area (Å²) >= 11 is 1.43. The number of nitrogens with one attached hydrogen (secondary N) is 1. The molecule has 0 aromatic heterocycles. The first-order chi connectivity index (χ1) is 14.5. The third kappa shape index (κ3) is 6.46. The topological polar surface area (TPSA) is 63.1 Å². The Labute approximate surface area is 183 Å². The lowest BCUT2D eigenvalue weighted by Crippen LogP contribution is -2.25. The molecule has 1 aliphatic rings. The van der Waals surface area contributed by atoms with E-state index >= 15 is 0 Å². The van der Waals surface area contributed by atoms with Crippen molar-refractivity contribution in [3.05, 3.63) is 65.7 Å². The summed E-state index contributed by atoms with van der Waals surface area (Å²) < 4.78 is 5.75. The summed E-state index contributed by atoms with van der Waals surface area (Å²) in [7, 11) is 0. The summed E-state index contributed by atoms with van der Waals surface area (Å²) in [5.74, 6) is 1.14. The number of carbonyl (C=O) groups is 1. The van der Waals surface area contributed by atoms with Crippen LogP contribution in [0.1, 0.15) is 44.7 Å². The van der Waals surface area contributed by atoms with Crippen molar-refractivity contribution in [2.75, 3.05) is 12.4 Å². The molecule has 30 heavy (non-hydrogen) atoms. The van der Waals surface area contributed by atoms with Gasteiger partial charge in [0.05, 0.1) is 18.1 Å². The highest BCUT2D eigenvalue weighted by atomic mass is 32.2. The maximum atomic E-state index is 12.3. The Bertz CT molecular complexity index is 906. The van der Waals surface area contributed by atoms with E-state index in [1.54, 1.807) is 0 Å². The quantitative estimate of drug-likeness (QED) is 0.586. The average molecular weight is 424 g/mol. The molecule has 3 rings (SSSR count). The van der Waals surface area contributed by atoms with Crippen molar-refractivity contribution in [3.8, 4) is 5.75 Å². The number of benzene rings is 2. The van der Waals surface area contributed by atoms with E-state index in [9.17, 15) is 4.79 Å². The Kier molecular flexibility index (Phi) is 7.69. The van der Waals surface area contributed by atoms with Gasteiger partial charge in [-0.3, -0.25) is 9.79 Å². The minimum Gasteiger partial charge on any atom is -0.494 e. The molecule has 0 fully saturated rings. The molecule has 0 bridgehead atoms.